The van der Waals surface area contributed by atoms with Crippen molar-refractivity contribution in [2.24, 2.45) is 0 Å². The summed E-state index contributed by atoms with van der Waals surface area (Å²) < 4.78 is 51.7. The lowest BCUT2D eigenvalue weighted by Crippen LogP contribution is -2.10. The summed E-state index contributed by atoms with van der Waals surface area (Å²) in [6.45, 7) is 0.0635. The summed E-state index contributed by atoms with van der Waals surface area (Å²) in [5, 5.41) is -0.0748. The number of halogens is 6. The molecule has 0 fully saturated rings. The van der Waals surface area contributed by atoms with Gasteiger partial charge in [0, 0.05) is 30.7 Å². The van der Waals surface area contributed by atoms with Gasteiger partial charge in [0.1, 0.15) is 11.6 Å². The standard InChI is InChI=1S/C12H10Cl2F4N2S/c13-2-1-11-19-9-5-7(14)8(15)6-10(9)20(11)3-4-21-12(16,17)18/h5-6H,1-4H2. The van der Waals surface area contributed by atoms with E-state index in [9.17, 15) is 17.6 Å². The Morgan fingerprint density at radius 1 is 1.29 bits per heavy atom. The van der Waals surface area contributed by atoms with Crippen molar-refractivity contribution in [2.75, 3.05) is 11.6 Å². The highest BCUT2D eigenvalue weighted by Gasteiger charge is 2.27. The Kier molecular flexibility index (Phi) is 5.27. The average Bonchev–Trinajstić information content (AvgIpc) is 2.67. The van der Waals surface area contributed by atoms with E-state index in [0.717, 1.165) is 0 Å². The monoisotopic (exact) mass is 360 g/mol. The summed E-state index contributed by atoms with van der Waals surface area (Å²) >= 11 is 11.2. The molecule has 21 heavy (non-hydrogen) atoms. The van der Waals surface area contributed by atoms with Gasteiger partial charge >= 0.3 is 5.51 Å². The van der Waals surface area contributed by atoms with Crippen LogP contribution in [0.1, 0.15) is 5.82 Å². The number of thioether (sulfide) groups is 1. The number of aromatic nitrogens is 2. The lowest BCUT2D eigenvalue weighted by molar-refractivity contribution is -0.0328. The number of nitrogens with zero attached hydrogens (tertiary/aromatic N) is 2. The highest BCUT2D eigenvalue weighted by molar-refractivity contribution is 8.00. The van der Waals surface area contributed by atoms with Gasteiger partial charge in [0.05, 0.1) is 16.1 Å². The van der Waals surface area contributed by atoms with Crippen LogP contribution in [0.15, 0.2) is 12.1 Å². The van der Waals surface area contributed by atoms with Gasteiger partial charge in [-0.3, -0.25) is 0 Å². The van der Waals surface area contributed by atoms with Crippen molar-refractivity contribution in [1.29, 1.82) is 0 Å². The fourth-order valence-electron chi connectivity index (χ4n) is 1.95. The van der Waals surface area contributed by atoms with E-state index in [4.69, 9.17) is 23.2 Å². The Balaban J connectivity index is 2.34. The Labute approximate surface area is 132 Å². The number of alkyl halides is 4. The van der Waals surface area contributed by atoms with E-state index < -0.39 is 11.3 Å². The predicted molar refractivity (Wildman–Crippen MR) is 77.6 cm³/mol. The SMILES string of the molecule is Fc1cc2c(cc1Cl)nc(CCCl)n2CCSC(F)(F)F. The van der Waals surface area contributed by atoms with E-state index in [2.05, 4.69) is 4.98 Å². The summed E-state index contributed by atoms with van der Waals surface area (Å²) in [5.74, 6) is -0.0314. The molecule has 0 aliphatic rings. The fraction of sp³-hybridized carbons (Fsp3) is 0.417. The molecule has 2 nitrogen and oxygen atoms in total. The fourth-order valence-corrected chi connectivity index (χ4v) is 2.78. The van der Waals surface area contributed by atoms with Crippen molar-refractivity contribution in [2.45, 2.75) is 18.5 Å². The Hall–Kier alpha value is -0.660. The van der Waals surface area contributed by atoms with Gasteiger partial charge in [0.15, 0.2) is 0 Å². The smallest absolute Gasteiger partial charge is 0.327 e. The van der Waals surface area contributed by atoms with Crippen LogP contribution in [0.25, 0.3) is 11.0 Å². The molecular formula is C12H10Cl2F4N2S. The highest BCUT2D eigenvalue weighted by Crippen LogP contribution is 2.31. The van der Waals surface area contributed by atoms with E-state index >= 15 is 0 Å². The Morgan fingerprint density at radius 3 is 2.62 bits per heavy atom. The first kappa shape index (κ1) is 16.7. The Morgan fingerprint density at radius 2 is 2.00 bits per heavy atom. The highest BCUT2D eigenvalue weighted by atomic mass is 35.5. The molecule has 0 aliphatic carbocycles. The van der Waals surface area contributed by atoms with E-state index in [-0.39, 0.29) is 35.0 Å². The molecule has 1 heterocycles. The zero-order chi connectivity index (χ0) is 15.6. The third-order valence-electron chi connectivity index (χ3n) is 2.77. The number of hydrogen-bond acceptors (Lipinski definition) is 2. The number of imidazole rings is 1. The number of aryl methyl sites for hydroxylation is 2. The third kappa shape index (κ3) is 4.17. The van der Waals surface area contributed by atoms with Gasteiger partial charge in [-0.1, -0.05) is 11.6 Å². The van der Waals surface area contributed by atoms with Crippen LogP contribution < -0.4 is 0 Å². The van der Waals surface area contributed by atoms with Crippen molar-refractivity contribution in [1.82, 2.24) is 9.55 Å². The lowest BCUT2D eigenvalue weighted by Gasteiger charge is -2.10. The first-order valence-corrected chi connectivity index (χ1v) is 7.82. The molecule has 0 spiro atoms. The predicted octanol–water partition coefficient (Wildman–Crippen LogP) is 4.86. The molecular weight excluding hydrogens is 351 g/mol. The zero-order valence-corrected chi connectivity index (χ0v) is 12.9. The summed E-state index contributed by atoms with van der Waals surface area (Å²) in [7, 11) is 0. The second-order valence-electron chi connectivity index (χ2n) is 4.17. The molecule has 116 valence electrons. The van der Waals surface area contributed by atoms with Gasteiger partial charge < -0.3 is 4.57 Å². The van der Waals surface area contributed by atoms with Gasteiger partial charge in [0.2, 0.25) is 0 Å². The Bertz CT molecular complexity index is 642. The molecule has 0 radical (unpaired) electrons. The van der Waals surface area contributed by atoms with Gasteiger partial charge in [-0.2, -0.15) is 13.2 Å². The number of benzene rings is 1. The molecule has 0 saturated heterocycles. The molecule has 0 atom stereocenters. The maximum absolute atomic E-state index is 13.6. The molecule has 1 aromatic heterocycles. The molecule has 0 bridgehead atoms. The molecule has 0 amide bonds. The molecule has 9 heteroatoms. The van der Waals surface area contributed by atoms with Crippen molar-refractivity contribution in [3.8, 4) is 0 Å². The van der Waals surface area contributed by atoms with Gasteiger partial charge in [-0.15, -0.1) is 11.6 Å². The lowest BCUT2D eigenvalue weighted by atomic mass is 10.3. The maximum atomic E-state index is 13.6. The van der Waals surface area contributed by atoms with E-state index in [1.807, 2.05) is 0 Å². The summed E-state index contributed by atoms with van der Waals surface area (Å²) in [6, 6.07) is 2.54. The first-order chi connectivity index (χ1) is 9.81. The molecule has 0 N–H and O–H groups in total. The summed E-state index contributed by atoms with van der Waals surface area (Å²) in [4.78, 5) is 4.26. The molecule has 2 rings (SSSR count). The van der Waals surface area contributed by atoms with Crippen LogP contribution in [-0.2, 0) is 13.0 Å². The van der Waals surface area contributed by atoms with Crippen LogP contribution in [0.5, 0.6) is 0 Å². The largest absolute Gasteiger partial charge is 0.441 e. The van der Waals surface area contributed by atoms with Crippen molar-refractivity contribution in [3.05, 3.63) is 28.8 Å². The van der Waals surface area contributed by atoms with Crippen LogP contribution in [0, 0.1) is 5.82 Å². The second-order valence-corrected chi connectivity index (χ2v) is 6.11. The molecule has 2 aromatic rings. The van der Waals surface area contributed by atoms with Gasteiger partial charge in [0.25, 0.3) is 0 Å². The van der Waals surface area contributed by atoms with Crippen LogP contribution in [-0.4, -0.2) is 26.7 Å². The van der Waals surface area contributed by atoms with Gasteiger partial charge in [-0.05, 0) is 17.8 Å². The van der Waals surface area contributed by atoms with E-state index in [1.165, 1.54) is 12.1 Å². The minimum atomic E-state index is -4.29. The van der Waals surface area contributed by atoms with E-state index in [1.54, 1.807) is 4.57 Å². The zero-order valence-electron chi connectivity index (χ0n) is 10.6. The van der Waals surface area contributed by atoms with E-state index in [0.29, 0.717) is 23.3 Å². The summed E-state index contributed by atoms with van der Waals surface area (Å²) in [6.07, 6.45) is 0.381. The second kappa shape index (κ2) is 6.62. The average molecular weight is 361 g/mol. The van der Waals surface area contributed by atoms with Crippen molar-refractivity contribution < 1.29 is 17.6 Å². The van der Waals surface area contributed by atoms with Crippen molar-refractivity contribution >= 4 is 46.0 Å². The third-order valence-corrected chi connectivity index (χ3v) is 3.96. The molecule has 0 aliphatic heterocycles. The summed E-state index contributed by atoms with van der Waals surface area (Å²) in [5.41, 5.74) is -3.43. The van der Waals surface area contributed by atoms with Crippen molar-refractivity contribution in [3.63, 3.8) is 0 Å². The van der Waals surface area contributed by atoms with Crippen LogP contribution in [0.4, 0.5) is 17.6 Å². The van der Waals surface area contributed by atoms with Crippen LogP contribution >= 0.6 is 35.0 Å². The van der Waals surface area contributed by atoms with Crippen LogP contribution in [0.3, 0.4) is 0 Å². The maximum Gasteiger partial charge on any atom is 0.441 e. The minimum absolute atomic E-state index is 0.0635. The molecule has 0 unspecified atom stereocenters. The van der Waals surface area contributed by atoms with Gasteiger partial charge in [-0.25, -0.2) is 9.37 Å². The minimum Gasteiger partial charge on any atom is -0.327 e. The first-order valence-electron chi connectivity index (χ1n) is 5.92. The molecule has 0 saturated carbocycles. The number of fused-ring (bicyclic) bond motifs is 1. The number of hydrogen-bond donors (Lipinski definition) is 0. The van der Waals surface area contributed by atoms with Crippen LogP contribution in [0.2, 0.25) is 5.02 Å². The number of rotatable bonds is 5. The quantitative estimate of drug-likeness (QED) is 0.559. The normalized spacial score (nSPS) is 12.3. The topological polar surface area (TPSA) is 17.8 Å². The molecule has 1 aromatic carbocycles.